The zero-order valence-corrected chi connectivity index (χ0v) is 17.1. The molecule has 1 amide bonds. The van der Waals surface area contributed by atoms with E-state index in [9.17, 15) is 4.79 Å². The molecule has 0 saturated carbocycles. The molecule has 0 radical (unpaired) electrons. The van der Waals surface area contributed by atoms with Gasteiger partial charge in [0.1, 0.15) is 5.75 Å². The van der Waals surface area contributed by atoms with E-state index in [1.807, 2.05) is 26.0 Å². The minimum Gasteiger partial charge on any atom is -0.495 e. The van der Waals surface area contributed by atoms with Gasteiger partial charge in [-0.05, 0) is 77.9 Å². The molecule has 2 rings (SSSR count). The summed E-state index contributed by atoms with van der Waals surface area (Å²) in [6, 6.07) is 7.28. The van der Waals surface area contributed by atoms with Gasteiger partial charge in [-0.2, -0.15) is 0 Å². The number of anilines is 1. The first-order chi connectivity index (χ1) is 11.3. The Morgan fingerprint density at radius 1 is 1.17 bits per heavy atom. The van der Waals surface area contributed by atoms with Gasteiger partial charge in [0.15, 0.2) is 0 Å². The molecular formula is C18H16Cl2INO2. The van der Waals surface area contributed by atoms with Crippen LogP contribution in [0.5, 0.6) is 5.75 Å². The Morgan fingerprint density at radius 3 is 2.54 bits per heavy atom. The minimum absolute atomic E-state index is 0.239. The summed E-state index contributed by atoms with van der Waals surface area (Å²) in [6.45, 7) is 3.96. The molecule has 0 aliphatic carbocycles. The average Bonchev–Trinajstić information content (AvgIpc) is 2.50. The number of methoxy groups -OCH3 is 1. The van der Waals surface area contributed by atoms with Crippen LogP contribution in [-0.2, 0) is 4.79 Å². The highest BCUT2D eigenvalue weighted by Gasteiger charge is 2.09. The van der Waals surface area contributed by atoms with Crippen LogP contribution in [0.1, 0.15) is 16.7 Å². The standard InChI is InChI=1S/C18H16Cl2INO2/c1-10-7-16(11(2)6-15(10)21)22-17(23)5-4-12-8-13(19)9-14(20)18(12)24-3/h4-9H,1-3H3,(H,22,23)/b5-4+. The van der Waals surface area contributed by atoms with Crippen molar-refractivity contribution in [1.29, 1.82) is 0 Å². The molecule has 0 unspecified atom stereocenters. The van der Waals surface area contributed by atoms with Crippen molar-refractivity contribution >= 4 is 63.5 Å². The lowest BCUT2D eigenvalue weighted by molar-refractivity contribution is -0.111. The number of hydrogen-bond acceptors (Lipinski definition) is 2. The van der Waals surface area contributed by atoms with Gasteiger partial charge in [0.2, 0.25) is 5.91 Å². The number of benzene rings is 2. The van der Waals surface area contributed by atoms with E-state index < -0.39 is 0 Å². The third kappa shape index (κ3) is 4.65. The Labute approximate surface area is 165 Å². The smallest absolute Gasteiger partial charge is 0.248 e. The molecule has 126 valence electrons. The average molecular weight is 476 g/mol. The van der Waals surface area contributed by atoms with E-state index >= 15 is 0 Å². The summed E-state index contributed by atoms with van der Waals surface area (Å²) in [5, 5.41) is 3.75. The second-order valence-electron chi connectivity index (χ2n) is 5.25. The fourth-order valence-electron chi connectivity index (χ4n) is 2.17. The number of rotatable bonds is 4. The first kappa shape index (κ1) is 19.1. The molecule has 0 aliphatic heterocycles. The second kappa shape index (κ2) is 8.23. The van der Waals surface area contributed by atoms with Gasteiger partial charge in [0.25, 0.3) is 0 Å². The highest BCUT2D eigenvalue weighted by Crippen LogP contribution is 2.33. The van der Waals surface area contributed by atoms with Crippen LogP contribution in [0.15, 0.2) is 30.3 Å². The Morgan fingerprint density at radius 2 is 1.88 bits per heavy atom. The van der Waals surface area contributed by atoms with Crippen LogP contribution in [0.25, 0.3) is 6.08 Å². The maximum Gasteiger partial charge on any atom is 0.248 e. The number of amides is 1. The number of halogens is 3. The minimum atomic E-state index is -0.239. The first-order valence-electron chi connectivity index (χ1n) is 7.10. The van der Waals surface area contributed by atoms with Crippen LogP contribution in [-0.4, -0.2) is 13.0 Å². The molecule has 0 atom stereocenters. The summed E-state index contributed by atoms with van der Waals surface area (Å²) in [4.78, 5) is 12.2. The maximum atomic E-state index is 12.2. The summed E-state index contributed by atoms with van der Waals surface area (Å²) in [7, 11) is 1.52. The van der Waals surface area contributed by atoms with E-state index in [0.29, 0.717) is 21.4 Å². The number of ether oxygens (including phenoxy) is 1. The molecule has 0 saturated heterocycles. The van der Waals surface area contributed by atoms with E-state index in [0.717, 1.165) is 20.4 Å². The van der Waals surface area contributed by atoms with Gasteiger partial charge in [-0.25, -0.2) is 0 Å². The van der Waals surface area contributed by atoms with Crippen LogP contribution in [0.2, 0.25) is 10.0 Å². The van der Waals surface area contributed by atoms with Crippen LogP contribution in [0.4, 0.5) is 5.69 Å². The number of hydrogen-bond donors (Lipinski definition) is 1. The zero-order chi connectivity index (χ0) is 17.9. The highest BCUT2D eigenvalue weighted by molar-refractivity contribution is 14.1. The lowest BCUT2D eigenvalue weighted by Gasteiger charge is -2.10. The molecule has 0 bridgehead atoms. The molecule has 0 heterocycles. The van der Waals surface area contributed by atoms with Crippen molar-refractivity contribution in [3.05, 3.63) is 60.6 Å². The summed E-state index contributed by atoms with van der Waals surface area (Å²) < 4.78 is 6.42. The van der Waals surface area contributed by atoms with Gasteiger partial charge in [0.05, 0.1) is 12.1 Å². The van der Waals surface area contributed by atoms with E-state index in [2.05, 4.69) is 27.9 Å². The van der Waals surface area contributed by atoms with Gasteiger partial charge in [-0.1, -0.05) is 23.2 Å². The summed E-state index contributed by atoms with van der Waals surface area (Å²) in [6.07, 6.45) is 3.05. The van der Waals surface area contributed by atoms with Crippen molar-refractivity contribution in [2.24, 2.45) is 0 Å². The topological polar surface area (TPSA) is 38.3 Å². The van der Waals surface area contributed by atoms with Gasteiger partial charge in [-0.15, -0.1) is 0 Å². The molecule has 0 spiro atoms. The van der Waals surface area contributed by atoms with E-state index in [1.54, 1.807) is 18.2 Å². The van der Waals surface area contributed by atoms with E-state index in [1.165, 1.54) is 13.2 Å². The molecule has 2 aromatic carbocycles. The normalized spacial score (nSPS) is 10.9. The van der Waals surface area contributed by atoms with Crippen molar-refractivity contribution in [1.82, 2.24) is 0 Å². The van der Waals surface area contributed by atoms with Gasteiger partial charge in [0, 0.05) is 25.9 Å². The Bertz CT molecular complexity index is 819. The molecule has 24 heavy (non-hydrogen) atoms. The molecular weight excluding hydrogens is 460 g/mol. The van der Waals surface area contributed by atoms with Crippen LogP contribution in [0.3, 0.4) is 0 Å². The maximum absolute atomic E-state index is 12.2. The van der Waals surface area contributed by atoms with E-state index in [-0.39, 0.29) is 5.91 Å². The molecule has 0 fully saturated rings. The highest BCUT2D eigenvalue weighted by atomic mass is 127. The molecule has 2 aromatic rings. The Balaban J connectivity index is 2.22. The van der Waals surface area contributed by atoms with Crippen LogP contribution >= 0.6 is 45.8 Å². The van der Waals surface area contributed by atoms with Crippen molar-refractivity contribution < 1.29 is 9.53 Å². The van der Waals surface area contributed by atoms with Gasteiger partial charge < -0.3 is 10.1 Å². The summed E-state index contributed by atoms with van der Waals surface area (Å²) in [5.41, 5.74) is 3.55. The van der Waals surface area contributed by atoms with Gasteiger partial charge in [-0.3, -0.25) is 4.79 Å². The Hall–Kier alpha value is -1.24. The van der Waals surface area contributed by atoms with Crippen molar-refractivity contribution in [2.45, 2.75) is 13.8 Å². The molecule has 6 heteroatoms. The van der Waals surface area contributed by atoms with Crippen LogP contribution in [0, 0.1) is 17.4 Å². The monoisotopic (exact) mass is 475 g/mol. The first-order valence-corrected chi connectivity index (χ1v) is 8.94. The van der Waals surface area contributed by atoms with Crippen LogP contribution < -0.4 is 10.1 Å². The fraction of sp³-hybridized carbons (Fsp3) is 0.167. The predicted octanol–water partition coefficient (Wildman–Crippen LogP) is 5.88. The van der Waals surface area contributed by atoms with Crippen molar-refractivity contribution in [3.63, 3.8) is 0 Å². The number of carbonyl (C=O) groups is 1. The van der Waals surface area contributed by atoms with E-state index in [4.69, 9.17) is 27.9 Å². The zero-order valence-electron chi connectivity index (χ0n) is 13.4. The molecule has 3 nitrogen and oxygen atoms in total. The summed E-state index contributed by atoms with van der Waals surface area (Å²) in [5.74, 6) is 0.239. The quantitative estimate of drug-likeness (QED) is 0.443. The third-order valence-corrected chi connectivity index (χ3v) is 5.08. The molecule has 1 N–H and O–H groups in total. The molecule has 0 aromatic heterocycles. The predicted molar refractivity (Wildman–Crippen MR) is 109 cm³/mol. The third-order valence-electron chi connectivity index (χ3n) is 3.42. The lowest BCUT2D eigenvalue weighted by atomic mass is 10.1. The SMILES string of the molecule is COc1c(Cl)cc(Cl)cc1/C=C/C(=O)Nc1cc(C)c(I)cc1C. The van der Waals surface area contributed by atoms with Gasteiger partial charge >= 0.3 is 0 Å². The second-order valence-corrected chi connectivity index (χ2v) is 7.25. The number of aryl methyl sites for hydroxylation is 2. The van der Waals surface area contributed by atoms with Crippen molar-refractivity contribution in [2.75, 3.05) is 12.4 Å². The summed E-state index contributed by atoms with van der Waals surface area (Å²) >= 11 is 14.4. The fourth-order valence-corrected chi connectivity index (χ4v) is 3.38. The number of carbonyl (C=O) groups excluding carboxylic acids is 1. The number of nitrogens with one attached hydrogen (secondary N) is 1. The largest absolute Gasteiger partial charge is 0.495 e. The lowest BCUT2D eigenvalue weighted by Crippen LogP contribution is -2.09. The molecule has 0 aliphatic rings. The van der Waals surface area contributed by atoms with Crippen molar-refractivity contribution in [3.8, 4) is 5.75 Å². The Kier molecular flexibility index (Phi) is 6.54.